The molecule has 7 heteroatoms. The molecule has 1 saturated carbocycles. The molecule has 3 N–H and O–H groups in total. The Morgan fingerprint density at radius 3 is 2.44 bits per heavy atom. The van der Waals surface area contributed by atoms with Gasteiger partial charge in [0.15, 0.2) is 11.9 Å². The van der Waals surface area contributed by atoms with E-state index in [9.17, 15) is 5.41 Å². The van der Waals surface area contributed by atoms with Gasteiger partial charge in [0.1, 0.15) is 0 Å². The van der Waals surface area contributed by atoms with E-state index < -0.39 is 0 Å². The zero-order valence-corrected chi connectivity index (χ0v) is 26.1. The number of guanidine groups is 2. The van der Waals surface area contributed by atoms with Gasteiger partial charge in [-0.2, -0.15) is 0 Å². The van der Waals surface area contributed by atoms with Crippen LogP contribution >= 0.6 is 0 Å². The summed E-state index contributed by atoms with van der Waals surface area (Å²) in [7, 11) is 0. The molecule has 0 aromatic rings. The van der Waals surface area contributed by atoms with Crippen LogP contribution in [0.4, 0.5) is 0 Å². The van der Waals surface area contributed by atoms with Crippen molar-refractivity contribution < 1.29 is 0 Å². The van der Waals surface area contributed by atoms with Gasteiger partial charge < -0.3 is 20.0 Å². The van der Waals surface area contributed by atoms with Crippen LogP contribution in [0.15, 0.2) is 0 Å². The lowest BCUT2D eigenvalue weighted by atomic mass is 9.97. The predicted octanol–water partition coefficient (Wildman–Crippen LogP) is 5.81. The molecule has 3 heterocycles. The van der Waals surface area contributed by atoms with Crippen molar-refractivity contribution in [2.45, 2.75) is 136 Å². The highest BCUT2D eigenvalue weighted by Gasteiger charge is 2.41. The molecule has 0 unspecified atom stereocenters. The lowest BCUT2D eigenvalue weighted by Gasteiger charge is -2.37. The van der Waals surface area contributed by atoms with Crippen molar-refractivity contribution in [1.29, 1.82) is 10.8 Å². The second-order valence-electron chi connectivity index (χ2n) is 13.8. The van der Waals surface area contributed by atoms with Crippen LogP contribution in [0.2, 0.25) is 0 Å². The smallest absolute Gasteiger partial charge is 0.194 e. The second-order valence-corrected chi connectivity index (χ2v) is 13.8. The number of hydrogen-bond acceptors (Lipinski definition) is 3. The zero-order valence-electron chi connectivity index (χ0n) is 26.1. The molecule has 4 fully saturated rings. The molecule has 0 amide bonds. The Labute approximate surface area is 240 Å². The third-order valence-corrected chi connectivity index (χ3v) is 10.5. The molecule has 0 aromatic carbocycles. The van der Waals surface area contributed by atoms with Gasteiger partial charge in [-0.25, -0.2) is 0 Å². The van der Waals surface area contributed by atoms with Gasteiger partial charge in [0.25, 0.3) is 0 Å². The molecule has 0 spiro atoms. The maximum Gasteiger partial charge on any atom is 0.194 e. The summed E-state index contributed by atoms with van der Waals surface area (Å²) in [4.78, 5) is 10.1. The third kappa shape index (κ3) is 7.62. The van der Waals surface area contributed by atoms with E-state index >= 15 is 0 Å². The standard InChI is InChI=1S/C32H61N7/c1-6-12-28(21-36-17-11-16-27(36)22-38-29(19-24(3)4)20-35-31(38)33)39-23-30(25(5)7-2)37(32(39)34)18-10-15-26-13-8-9-14-26/h24-30,34H,6-23H2,1-5H3,(H2,33,35)/t25-,27+,28+,29-,30+/m1/s1. The fraction of sp³-hybridized carbons (Fsp3) is 0.938. The summed E-state index contributed by atoms with van der Waals surface area (Å²) in [5.41, 5.74) is 0. The van der Waals surface area contributed by atoms with Gasteiger partial charge in [-0.3, -0.25) is 15.7 Å². The fourth-order valence-electron chi connectivity index (χ4n) is 8.03. The number of hydrogen-bond donors (Lipinski definition) is 3. The normalized spacial score (nSPS) is 28.4. The Morgan fingerprint density at radius 2 is 1.74 bits per heavy atom. The van der Waals surface area contributed by atoms with Crippen molar-refractivity contribution in [2.75, 3.05) is 39.3 Å². The van der Waals surface area contributed by atoms with Crippen molar-refractivity contribution in [3.05, 3.63) is 0 Å². The molecule has 0 bridgehead atoms. The quantitative estimate of drug-likeness (QED) is 0.243. The van der Waals surface area contributed by atoms with E-state index in [-0.39, 0.29) is 0 Å². The first-order chi connectivity index (χ1) is 18.8. The van der Waals surface area contributed by atoms with Crippen LogP contribution in [-0.4, -0.2) is 95.0 Å². The third-order valence-electron chi connectivity index (χ3n) is 10.5. The minimum absolute atomic E-state index is 0.414. The van der Waals surface area contributed by atoms with E-state index in [0.29, 0.717) is 42.0 Å². The van der Waals surface area contributed by atoms with Gasteiger partial charge in [-0.15, -0.1) is 0 Å². The molecule has 0 aromatic heterocycles. The minimum atomic E-state index is 0.414. The second kappa shape index (κ2) is 14.4. The maximum atomic E-state index is 9.37. The highest BCUT2D eigenvalue weighted by molar-refractivity contribution is 5.80. The van der Waals surface area contributed by atoms with Crippen LogP contribution < -0.4 is 5.32 Å². The first kappa shape index (κ1) is 30.5. The summed E-state index contributed by atoms with van der Waals surface area (Å²) in [6, 6.07) is 1.86. The first-order valence-corrected chi connectivity index (χ1v) is 16.8. The van der Waals surface area contributed by atoms with Crippen molar-refractivity contribution in [1.82, 2.24) is 24.9 Å². The highest BCUT2D eigenvalue weighted by atomic mass is 15.5. The molecule has 4 aliphatic rings. The molecule has 5 atom stereocenters. The minimum Gasteiger partial charge on any atom is -0.354 e. The predicted molar refractivity (Wildman–Crippen MR) is 165 cm³/mol. The average molecular weight is 544 g/mol. The molecule has 3 saturated heterocycles. The topological polar surface area (TPSA) is 72.7 Å². The van der Waals surface area contributed by atoms with Gasteiger partial charge in [-0.05, 0) is 62.8 Å². The van der Waals surface area contributed by atoms with E-state index in [1.54, 1.807) is 0 Å². The summed E-state index contributed by atoms with van der Waals surface area (Å²) in [5.74, 6) is 3.65. The molecular weight excluding hydrogens is 482 g/mol. The van der Waals surface area contributed by atoms with Crippen LogP contribution in [-0.2, 0) is 0 Å². The van der Waals surface area contributed by atoms with Crippen LogP contribution in [0.25, 0.3) is 0 Å². The summed E-state index contributed by atoms with van der Waals surface area (Å²) in [6.45, 7) is 17.8. The van der Waals surface area contributed by atoms with Crippen LogP contribution in [0.3, 0.4) is 0 Å². The maximum absolute atomic E-state index is 9.37. The molecule has 4 rings (SSSR count). The molecule has 39 heavy (non-hydrogen) atoms. The van der Waals surface area contributed by atoms with Crippen LogP contribution in [0.5, 0.6) is 0 Å². The van der Waals surface area contributed by atoms with Gasteiger partial charge in [0.2, 0.25) is 0 Å². The van der Waals surface area contributed by atoms with Crippen molar-refractivity contribution in [3.63, 3.8) is 0 Å². The fourth-order valence-corrected chi connectivity index (χ4v) is 8.03. The Kier molecular flexibility index (Phi) is 11.3. The van der Waals surface area contributed by atoms with Gasteiger partial charge in [-0.1, -0.05) is 73.1 Å². The summed E-state index contributed by atoms with van der Waals surface area (Å²) >= 11 is 0. The number of nitrogens with zero attached hydrogens (tertiary/aromatic N) is 4. The largest absolute Gasteiger partial charge is 0.354 e. The van der Waals surface area contributed by atoms with E-state index in [4.69, 9.17) is 5.41 Å². The highest BCUT2D eigenvalue weighted by Crippen LogP contribution is 2.32. The molecule has 1 aliphatic carbocycles. The van der Waals surface area contributed by atoms with Crippen LogP contribution in [0, 0.1) is 28.6 Å². The number of likely N-dealkylation sites (tertiary alicyclic amines) is 1. The van der Waals surface area contributed by atoms with E-state index in [1.165, 1.54) is 64.2 Å². The zero-order chi connectivity index (χ0) is 27.9. The van der Waals surface area contributed by atoms with E-state index in [0.717, 1.165) is 64.0 Å². The van der Waals surface area contributed by atoms with Crippen molar-refractivity contribution in [2.24, 2.45) is 17.8 Å². The van der Waals surface area contributed by atoms with Gasteiger partial charge in [0.05, 0.1) is 6.04 Å². The SMILES string of the molecule is CCC[C@@H](CN1CCC[C@H]1CN1C(=N)NC[C@H]1CC(C)C)N1C[C@@H]([C@H](C)CC)N(CCCC2CCCC2)C1=N. The lowest BCUT2D eigenvalue weighted by Crippen LogP contribution is -2.50. The monoisotopic (exact) mass is 543 g/mol. The molecule has 224 valence electrons. The Balaban J connectivity index is 1.40. The van der Waals surface area contributed by atoms with E-state index in [2.05, 4.69) is 59.5 Å². The number of rotatable bonds is 15. The molecule has 7 nitrogen and oxygen atoms in total. The summed E-state index contributed by atoms with van der Waals surface area (Å²) < 4.78 is 0. The summed E-state index contributed by atoms with van der Waals surface area (Å²) in [6.07, 6.45) is 15.5. The van der Waals surface area contributed by atoms with E-state index in [1.807, 2.05) is 0 Å². The Morgan fingerprint density at radius 1 is 0.974 bits per heavy atom. The molecule has 0 radical (unpaired) electrons. The Bertz CT molecular complexity index is 778. The number of nitrogens with one attached hydrogen (secondary N) is 3. The van der Waals surface area contributed by atoms with Gasteiger partial charge in [0, 0.05) is 50.8 Å². The Hall–Kier alpha value is -1.50. The molecule has 3 aliphatic heterocycles. The molecular formula is C32H61N7. The van der Waals surface area contributed by atoms with Crippen molar-refractivity contribution in [3.8, 4) is 0 Å². The van der Waals surface area contributed by atoms with Crippen LogP contribution in [0.1, 0.15) is 112 Å². The summed E-state index contributed by atoms with van der Waals surface area (Å²) in [5, 5.41) is 21.3. The van der Waals surface area contributed by atoms with Crippen molar-refractivity contribution >= 4 is 11.9 Å². The van der Waals surface area contributed by atoms with Gasteiger partial charge >= 0.3 is 0 Å². The average Bonchev–Trinajstić information content (AvgIpc) is 3.70. The lowest BCUT2D eigenvalue weighted by molar-refractivity contribution is 0.149. The first-order valence-electron chi connectivity index (χ1n) is 16.8.